The maximum absolute atomic E-state index is 13.2. The van der Waals surface area contributed by atoms with Crippen LogP contribution in [0, 0.1) is 6.92 Å². The van der Waals surface area contributed by atoms with Gasteiger partial charge < -0.3 is 9.47 Å². The Morgan fingerprint density at radius 1 is 0.919 bits per heavy atom. The lowest BCUT2D eigenvalue weighted by molar-refractivity contribution is -0.122. The van der Waals surface area contributed by atoms with Crippen LogP contribution in [-0.2, 0) is 16.2 Å². The van der Waals surface area contributed by atoms with Crippen LogP contribution in [-0.4, -0.2) is 24.5 Å². The molecule has 10 heteroatoms. The first-order valence-electron chi connectivity index (χ1n) is 11.2. The summed E-state index contributed by atoms with van der Waals surface area (Å²) in [6.07, 6.45) is 1.33. The van der Waals surface area contributed by atoms with Gasteiger partial charge in [0.1, 0.15) is 12.2 Å². The second kappa shape index (κ2) is 11.3. The topological polar surface area (TPSA) is 84.9 Å². The van der Waals surface area contributed by atoms with Gasteiger partial charge in [-0.1, -0.05) is 64.6 Å². The van der Waals surface area contributed by atoms with Crippen LogP contribution >= 0.6 is 34.8 Å². The number of imide groups is 2. The predicted molar refractivity (Wildman–Crippen MR) is 144 cm³/mol. The van der Waals surface area contributed by atoms with E-state index in [0.717, 1.165) is 16.0 Å². The van der Waals surface area contributed by atoms with E-state index in [-0.39, 0.29) is 32.9 Å². The third-order valence-corrected chi connectivity index (χ3v) is 6.39. The Labute approximate surface area is 228 Å². The van der Waals surface area contributed by atoms with Gasteiger partial charge in [0.25, 0.3) is 11.8 Å². The molecule has 190 valence electrons. The van der Waals surface area contributed by atoms with Crippen molar-refractivity contribution in [1.82, 2.24) is 5.32 Å². The molecule has 1 aliphatic rings. The van der Waals surface area contributed by atoms with Gasteiger partial charge >= 0.3 is 6.03 Å². The number of barbiturate groups is 1. The van der Waals surface area contributed by atoms with Gasteiger partial charge in [-0.3, -0.25) is 14.9 Å². The zero-order chi connectivity index (χ0) is 26.7. The minimum Gasteiger partial charge on any atom is -0.490 e. The first-order valence-corrected chi connectivity index (χ1v) is 12.3. The molecule has 3 aromatic rings. The first kappa shape index (κ1) is 26.5. The number of nitrogens with one attached hydrogen (secondary N) is 1. The second-order valence-electron chi connectivity index (χ2n) is 8.10. The molecule has 1 aliphatic heterocycles. The number of aryl methyl sites for hydroxylation is 1. The molecule has 1 saturated heterocycles. The van der Waals surface area contributed by atoms with E-state index in [1.165, 1.54) is 24.3 Å². The maximum atomic E-state index is 13.2. The van der Waals surface area contributed by atoms with Crippen molar-refractivity contribution in [3.63, 3.8) is 0 Å². The number of carbonyl (C=O) groups is 3. The Morgan fingerprint density at radius 2 is 1.70 bits per heavy atom. The van der Waals surface area contributed by atoms with Gasteiger partial charge in [0.2, 0.25) is 0 Å². The van der Waals surface area contributed by atoms with Gasteiger partial charge in [0.05, 0.1) is 27.4 Å². The summed E-state index contributed by atoms with van der Waals surface area (Å²) in [5.74, 6) is -1.00. The highest BCUT2D eigenvalue weighted by Gasteiger charge is 2.37. The Hall–Kier alpha value is -3.52. The minimum atomic E-state index is -0.904. The zero-order valence-corrected chi connectivity index (χ0v) is 22.1. The molecular formula is C27H21Cl3N2O5. The number of nitrogens with zero attached hydrogens (tertiary/aromatic N) is 1. The van der Waals surface area contributed by atoms with E-state index in [0.29, 0.717) is 23.7 Å². The molecule has 0 saturated carbocycles. The summed E-state index contributed by atoms with van der Waals surface area (Å²) in [5.41, 5.74) is 2.34. The lowest BCUT2D eigenvalue weighted by atomic mass is 10.1. The van der Waals surface area contributed by atoms with Crippen LogP contribution in [0.3, 0.4) is 0 Å². The standard InChI is InChI=1S/C27H21Cl3N2O5/c1-3-36-23-12-17(11-22(30)24(23)37-14-16-6-4-5-15(2)9-16)10-19-25(33)31-27(35)32(26(19)34)18-7-8-20(28)21(29)13-18/h4-13H,3,14H2,1-2H3,(H,31,33,35)/b19-10+. The second-order valence-corrected chi connectivity index (χ2v) is 9.32. The molecule has 4 rings (SSSR count). The summed E-state index contributed by atoms with van der Waals surface area (Å²) >= 11 is 18.5. The lowest BCUT2D eigenvalue weighted by Crippen LogP contribution is -2.54. The van der Waals surface area contributed by atoms with Crippen LogP contribution in [0.2, 0.25) is 15.1 Å². The Balaban J connectivity index is 1.67. The number of anilines is 1. The number of rotatable bonds is 7. The smallest absolute Gasteiger partial charge is 0.335 e. The fourth-order valence-corrected chi connectivity index (χ4v) is 4.28. The number of benzene rings is 3. The molecule has 0 unspecified atom stereocenters. The molecule has 0 aliphatic carbocycles. The fourth-order valence-electron chi connectivity index (χ4n) is 3.71. The van der Waals surface area contributed by atoms with Gasteiger partial charge in [-0.05, 0) is 61.4 Å². The average molecular weight is 560 g/mol. The van der Waals surface area contributed by atoms with E-state index >= 15 is 0 Å². The summed E-state index contributed by atoms with van der Waals surface area (Å²) < 4.78 is 11.7. The van der Waals surface area contributed by atoms with Crippen LogP contribution in [0.25, 0.3) is 6.08 Å². The zero-order valence-electron chi connectivity index (χ0n) is 19.8. The van der Waals surface area contributed by atoms with Crippen molar-refractivity contribution in [2.24, 2.45) is 0 Å². The largest absolute Gasteiger partial charge is 0.490 e. The van der Waals surface area contributed by atoms with Crippen molar-refractivity contribution < 1.29 is 23.9 Å². The normalized spacial score (nSPS) is 14.7. The molecule has 0 aromatic heterocycles. The van der Waals surface area contributed by atoms with Gasteiger partial charge in [0, 0.05) is 0 Å². The molecule has 0 radical (unpaired) electrons. The number of hydrogen-bond acceptors (Lipinski definition) is 5. The van der Waals surface area contributed by atoms with Gasteiger partial charge in [-0.25, -0.2) is 9.69 Å². The van der Waals surface area contributed by atoms with Gasteiger partial charge in [-0.2, -0.15) is 0 Å². The van der Waals surface area contributed by atoms with Crippen molar-refractivity contribution >= 4 is 64.4 Å². The molecule has 0 bridgehead atoms. The Kier molecular flexibility index (Phi) is 8.07. The van der Waals surface area contributed by atoms with Crippen molar-refractivity contribution in [3.8, 4) is 11.5 Å². The van der Waals surface area contributed by atoms with Crippen LogP contribution in [0.1, 0.15) is 23.6 Å². The van der Waals surface area contributed by atoms with Crippen LogP contribution in [0.15, 0.2) is 60.2 Å². The highest BCUT2D eigenvalue weighted by Crippen LogP contribution is 2.38. The SMILES string of the molecule is CCOc1cc(/C=C2\C(=O)NC(=O)N(c3ccc(Cl)c(Cl)c3)C2=O)cc(Cl)c1OCc1cccc(C)c1. The molecule has 37 heavy (non-hydrogen) atoms. The number of amides is 4. The van der Waals surface area contributed by atoms with Crippen LogP contribution in [0.4, 0.5) is 10.5 Å². The number of carbonyl (C=O) groups excluding carboxylic acids is 3. The average Bonchev–Trinajstić information content (AvgIpc) is 2.83. The molecule has 1 heterocycles. The molecular weight excluding hydrogens is 539 g/mol. The molecule has 4 amide bonds. The summed E-state index contributed by atoms with van der Waals surface area (Å²) in [5, 5.41) is 2.80. The summed E-state index contributed by atoms with van der Waals surface area (Å²) in [7, 11) is 0. The van der Waals surface area contributed by atoms with E-state index in [1.54, 1.807) is 12.1 Å². The summed E-state index contributed by atoms with van der Waals surface area (Å²) in [4.78, 5) is 39.1. The number of ether oxygens (including phenoxy) is 2. The molecule has 1 fully saturated rings. The number of hydrogen-bond donors (Lipinski definition) is 1. The third-order valence-electron chi connectivity index (χ3n) is 5.37. The van der Waals surface area contributed by atoms with Crippen molar-refractivity contribution in [2.45, 2.75) is 20.5 Å². The summed E-state index contributed by atoms with van der Waals surface area (Å²) in [6.45, 7) is 4.39. The van der Waals surface area contributed by atoms with Crippen LogP contribution in [0.5, 0.6) is 11.5 Å². The predicted octanol–water partition coefficient (Wildman–Crippen LogP) is 6.60. The Bertz CT molecular complexity index is 1440. The van der Waals surface area contributed by atoms with Crippen molar-refractivity contribution in [1.29, 1.82) is 0 Å². The molecule has 0 atom stereocenters. The van der Waals surface area contributed by atoms with E-state index in [9.17, 15) is 14.4 Å². The summed E-state index contributed by atoms with van der Waals surface area (Å²) in [6, 6.07) is 14.4. The quantitative estimate of drug-likeness (QED) is 0.260. The molecule has 1 N–H and O–H groups in total. The van der Waals surface area contributed by atoms with Gasteiger partial charge in [0.15, 0.2) is 11.5 Å². The molecule has 7 nitrogen and oxygen atoms in total. The monoisotopic (exact) mass is 558 g/mol. The van der Waals surface area contributed by atoms with Crippen molar-refractivity contribution in [2.75, 3.05) is 11.5 Å². The van der Waals surface area contributed by atoms with Gasteiger partial charge in [-0.15, -0.1) is 0 Å². The minimum absolute atomic E-state index is 0.150. The van der Waals surface area contributed by atoms with E-state index in [1.807, 2.05) is 38.1 Å². The lowest BCUT2D eigenvalue weighted by Gasteiger charge is -2.26. The number of halogens is 3. The molecule has 3 aromatic carbocycles. The number of urea groups is 1. The Morgan fingerprint density at radius 3 is 2.41 bits per heavy atom. The third kappa shape index (κ3) is 5.91. The highest BCUT2D eigenvalue weighted by molar-refractivity contribution is 6.43. The van der Waals surface area contributed by atoms with E-state index in [2.05, 4.69) is 5.32 Å². The van der Waals surface area contributed by atoms with E-state index < -0.39 is 17.8 Å². The highest BCUT2D eigenvalue weighted by atomic mass is 35.5. The van der Waals surface area contributed by atoms with Crippen LogP contribution < -0.4 is 19.7 Å². The maximum Gasteiger partial charge on any atom is 0.335 e. The van der Waals surface area contributed by atoms with Crippen molar-refractivity contribution in [3.05, 3.63) is 91.9 Å². The molecule has 0 spiro atoms. The first-order chi connectivity index (χ1) is 17.7. The fraction of sp³-hybridized carbons (Fsp3) is 0.148. The van der Waals surface area contributed by atoms with E-state index in [4.69, 9.17) is 44.3 Å².